The van der Waals surface area contributed by atoms with E-state index in [2.05, 4.69) is 5.32 Å². The highest BCUT2D eigenvalue weighted by Crippen LogP contribution is 2.38. The summed E-state index contributed by atoms with van der Waals surface area (Å²) >= 11 is 0.810. The second kappa shape index (κ2) is 6.17. The van der Waals surface area contributed by atoms with E-state index in [-0.39, 0.29) is 16.3 Å². The number of aromatic carboxylic acids is 1. The van der Waals surface area contributed by atoms with Gasteiger partial charge in [0.2, 0.25) is 0 Å². The van der Waals surface area contributed by atoms with Crippen LogP contribution in [0.3, 0.4) is 0 Å². The number of fused-ring (bicyclic) bond motifs is 1. The molecule has 0 amide bonds. The van der Waals surface area contributed by atoms with E-state index < -0.39 is 10.9 Å². The molecule has 122 valence electrons. The van der Waals surface area contributed by atoms with Gasteiger partial charge in [-0.3, -0.25) is 10.1 Å². The molecule has 8 heteroatoms. The maximum Gasteiger partial charge on any atom is 0.348 e. The number of thiophene rings is 1. The second-order valence-corrected chi connectivity index (χ2v) is 5.79. The smallest absolute Gasteiger partial charge is 0.348 e. The van der Waals surface area contributed by atoms with Gasteiger partial charge < -0.3 is 15.2 Å². The van der Waals surface area contributed by atoms with Crippen molar-refractivity contribution < 1.29 is 19.6 Å². The number of nitrogens with one attached hydrogen (secondary N) is 1. The Morgan fingerprint density at radius 2 is 2.08 bits per heavy atom. The van der Waals surface area contributed by atoms with Gasteiger partial charge in [-0.25, -0.2) is 4.79 Å². The highest BCUT2D eigenvalue weighted by atomic mass is 32.1. The van der Waals surface area contributed by atoms with Gasteiger partial charge in [-0.1, -0.05) is 24.3 Å². The van der Waals surface area contributed by atoms with E-state index in [1.807, 2.05) is 24.3 Å². The number of carboxylic acid groups (broad SMARTS) is 1. The molecule has 0 radical (unpaired) electrons. The monoisotopic (exact) mass is 344 g/mol. The van der Waals surface area contributed by atoms with Crippen LogP contribution in [0.25, 0.3) is 10.8 Å². The topological polar surface area (TPSA) is 102 Å². The van der Waals surface area contributed by atoms with Crippen LogP contribution in [0.15, 0.2) is 41.8 Å². The fourth-order valence-corrected chi connectivity index (χ4v) is 3.23. The lowest BCUT2D eigenvalue weighted by molar-refractivity contribution is -0.383. The zero-order valence-electron chi connectivity index (χ0n) is 12.5. The van der Waals surface area contributed by atoms with Gasteiger partial charge in [0.1, 0.15) is 16.3 Å². The van der Waals surface area contributed by atoms with Crippen molar-refractivity contribution in [3.8, 4) is 5.75 Å². The first-order valence-electron chi connectivity index (χ1n) is 6.84. The third-order valence-electron chi connectivity index (χ3n) is 3.48. The molecule has 1 aromatic heterocycles. The van der Waals surface area contributed by atoms with Crippen molar-refractivity contribution >= 4 is 45.1 Å². The van der Waals surface area contributed by atoms with Crippen molar-refractivity contribution in [2.75, 3.05) is 12.4 Å². The van der Waals surface area contributed by atoms with Crippen LogP contribution in [0, 0.1) is 10.1 Å². The summed E-state index contributed by atoms with van der Waals surface area (Å²) in [7, 11) is 1.53. The molecule has 2 aromatic carbocycles. The van der Waals surface area contributed by atoms with E-state index in [0.29, 0.717) is 11.4 Å². The lowest BCUT2D eigenvalue weighted by Gasteiger charge is -2.11. The molecule has 24 heavy (non-hydrogen) atoms. The Morgan fingerprint density at radius 1 is 1.33 bits per heavy atom. The third kappa shape index (κ3) is 2.74. The number of benzene rings is 2. The van der Waals surface area contributed by atoms with E-state index in [9.17, 15) is 20.0 Å². The second-order valence-electron chi connectivity index (χ2n) is 4.91. The number of anilines is 2. The van der Waals surface area contributed by atoms with Gasteiger partial charge in [0.15, 0.2) is 0 Å². The highest BCUT2D eigenvalue weighted by Gasteiger charge is 2.25. The van der Waals surface area contributed by atoms with Crippen molar-refractivity contribution in [2.24, 2.45) is 0 Å². The summed E-state index contributed by atoms with van der Waals surface area (Å²) < 4.78 is 5.36. The molecular formula is C16H12N2O5S. The molecule has 0 aliphatic heterocycles. The number of ether oxygens (including phenoxy) is 1. The Labute approximate surface area is 140 Å². The number of hydrogen-bond donors (Lipinski definition) is 2. The predicted molar refractivity (Wildman–Crippen MR) is 91.7 cm³/mol. The zero-order valence-corrected chi connectivity index (χ0v) is 13.3. The number of carbonyl (C=O) groups is 1. The van der Waals surface area contributed by atoms with Crippen molar-refractivity contribution in [1.29, 1.82) is 0 Å². The SMILES string of the molecule is COc1cc(Nc2c([N+](=O)[O-])csc2C(=O)O)cc2ccccc12. The van der Waals surface area contributed by atoms with E-state index >= 15 is 0 Å². The highest BCUT2D eigenvalue weighted by molar-refractivity contribution is 7.13. The third-order valence-corrected chi connectivity index (χ3v) is 4.43. The molecule has 0 atom stereocenters. The summed E-state index contributed by atoms with van der Waals surface area (Å²) in [5, 5.41) is 26.2. The van der Waals surface area contributed by atoms with Gasteiger partial charge in [0.25, 0.3) is 0 Å². The quantitative estimate of drug-likeness (QED) is 0.530. The minimum atomic E-state index is -1.22. The van der Waals surface area contributed by atoms with E-state index in [4.69, 9.17) is 4.74 Å². The van der Waals surface area contributed by atoms with Crippen LogP contribution in [0.4, 0.5) is 17.1 Å². The summed E-state index contributed by atoms with van der Waals surface area (Å²) in [6, 6.07) is 11.0. The molecule has 0 spiro atoms. The van der Waals surface area contributed by atoms with Gasteiger partial charge in [-0.2, -0.15) is 0 Å². The first-order chi connectivity index (χ1) is 11.5. The fourth-order valence-electron chi connectivity index (χ4n) is 2.42. The van der Waals surface area contributed by atoms with E-state index in [1.165, 1.54) is 12.5 Å². The fraction of sp³-hybridized carbons (Fsp3) is 0.0625. The molecule has 7 nitrogen and oxygen atoms in total. The number of hydrogen-bond acceptors (Lipinski definition) is 6. The minimum Gasteiger partial charge on any atom is -0.496 e. The zero-order chi connectivity index (χ0) is 17.3. The molecule has 0 unspecified atom stereocenters. The number of nitrogens with zero attached hydrogens (tertiary/aromatic N) is 1. The lowest BCUT2D eigenvalue weighted by Crippen LogP contribution is -2.01. The average molecular weight is 344 g/mol. The van der Waals surface area contributed by atoms with Gasteiger partial charge in [0.05, 0.1) is 17.4 Å². The number of nitro groups is 1. The van der Waals surface area contributed by atoms with Gasteiger partial charge in [0, 0.05) is 17.1 Å². The van der Waals surface area contributed by atoms with Crippen LogP contribution in [0.1, 0.15) is 9.67 Å². The van der Waals surface area contributed by atoms with Crippen LogP contribution < -0.4 is 10.1 Å². The summed E-state index contributed by atoms with van der Waals surface area (Å²) in [5.41, 5.74) is 0.203. The van der Waals surface area contributed by atoms with Crippen molar-refractivity contribution in [2.45, 2.75) is 0 Å². The Hall–Kier alpha value is -3.13. The summed E-state index contributed by atoms with van der Waals surface area (Å²) in [4.78, 5) is 21.7. The average Bonchev–Trinajstić information content (AvgIpc) is 2.98. The molecule has 0 bridgehead atoms. The molecular weight excluding hydrogens is 332 g/mol. The van der Waals surface area contributed by atoms with Crippen molar-refractivity contribution in [3.05, 3.63) is 56.8 Å². The van der Waals surface area contributed by atoms with Gasteiger partial charge in [-0.05, 0) is 11.5 Å². The molecule has 0 aliphatic carbocycles. The van der Waals surface area contributed by atoms with Crippen molar-refractivity contribution in [3.63, 3.8) is 0 Å². The number of methoxy groups -OCH3 is 1. The van der Waals surface area contributed by atoms with Crippen LogP contribution in [0.5, 0.6) is 5.75 Å². The molecule has 0 saturated heterocycles. The minimum absolute atomic E-state index is 0.0326. The summed E-state index contributed by atoms with van der Waals surface area (Å²) in [6.45, 7) is 0. The molecule has 1 heterocycles. The Morgan fingerprint density at radius 3 is 2.75 bits per heavy atom. The van der Waals surface area contributed by atoms with Crippen molar-refractivity contribution in [1.82, 2.24) is 0 Å². The van der Waals surface area contributed by atoms with E-state index in [1.54, 1.807) is 12.1 Å². The van der Waals surface area contributed by atoms with Crippen LogP contribution >= 0.6 is 11.3 Å². The largest absolute Gasteiger partial charge is 0.496 e. The molecule has 0 saturated carbocycles. The van der Waals surface area contributed by atoms with Gasteiger partial charge in [-0.15, -0.1) is 11.3 Å². The number of carboxylic acids is 1. The maximum atomic E-state index is 11.3. The van der Waals surface area contributed by atoms with E-state index in [0.717, 1.165) is 22.1 Å². The number of rotatable bonds is 5. The Bertz CT molecular complexity index is 919. The van der Waals surface area contributed by atoms with Crippen LogP contribution in [-0.2, 0) is 0 Å². The first-order valence-corrected chi connectivity index (χ1v) is 7.72. The summed E-state index contributed by atoms with van der Waals surface area (Å²) in [6.07, 6.45) is 0. The van der Waals surface area contributed by atoms with Crippen LogP contribution in [0.2, 0.25) is 0 Å². The maximum absolute atomic E-state index is 11.3. The lowest BCUT2D eigenvalue weighted by atomic mass is 10.1. The normalized spacial score (nSPS) is 10.5. The predicted octanol–water partition coefficient (Wildman–Crippen LogP) is 4.26. The summed E-state index contributed by atoms with van der Waals surface area (Å²) in [5.74, 6) is -0.631. The molecule has 2 N–H and O–H groups in total. The Balaban J connectivity index is 2.12. The Kier molecular flexibility index (Phi) is 4.05. The molecule has 3 rings (SSSR count). The van der Waals surface area contributed by atoms with Crippen LogP contribution in [-0.4, -0.2) is 23.1 Å². The van der Waals surface area contributed by atoms with Gasteiger partial charge >= 0.3 is 11.7 Å². The first kappa shape index (κ1) is 15.8. The molecule has 0 aliphatic rings. The molecule has 3 aromatic rings. The standard InChI is InChI=1S/C16H12N2O5S/c1-23-13-7-10(6-9-4-2-3-5-11(9)13)17-14-12(18(21)22)8-24-15(14)16(19)20/h2-8,17H,1H3,(H,19,20). The molecule has 0 fully saturated rings.